The molecule has 0 aromatic heterocycles. The summed E-state index contributed by atoms with van der Waals surface area (Å²) in [6.07, 6.45) is 1.37. The Morgan fingerprint density at radius 3 is 2.82 bits per heavy atom. The number of rotatable bonds is 5. The van der Waals surface area contributed by atoms with Crippen molar-refractivity contribution in [1.82, 2.24) is 5.43 Å². The lowest BCUT2D eigenvalue weighted by Crippen LogP contribution is -2.29. The molecule has 0 radical (unpaired) electrons. The van der Waals surface area contributed by atoms with E-state index in [1.807, 2.05) is 0 Å². The van der Waals surface area contributed by atoms with Crippen molar-refractivity contribution in [2.24, 2.45) is 5.10 Å². The van der Waals surface area contributed by atoms with Gasteiger partial charge in [-0.05, 0) is 12.1 Å². The molecule has 0 fully saturated rings. The fourth-order valence-electron chi connectivity index (χ4n) is 1.05. The Morgan fingerprint density at radius 1 is 1.47 bits per heavy atom. The zero-order valence-corrected chi connectivity index (χ0v) is 9.17. The lowest BCUT2D eigenvalue weighted by molar-refractivity contribution is -0.307. The van der Waals surface area contributed by atoms with Crippen molar-refractivity contribution >= 4 is 18.1 Å². The van der Waals surface area contributed by atoms with Crippen LogP contribution in [0, 0.1) is 0 Å². The molecule has 6 nitrogen and oxygen atoms in total. The largest absolute Gasteiger partial charge is 0.546 e. The van der Waals surface area contributed by atoms with Crippen molar-refractivity contribution in [2.45, 2.75) is 6.92 Å². The van der Waals surface area contributed by atoms with E-state index in [9.17, 15) is 14.7 Å². The molecule has 0 heterocycles. The van der Waals surface area contributed by atoms with Crippen LogP contribution in [-0.4, -0.2) is 24.7 Å². The number of aliphatic carboxylic acids is 1. The monoisotopic (exact) mass is 235 g/mol. The second kappa shape index (κ2) is 6.26. The molecule has 1 amide bonds. The van der Waals surface area contributed by atoms with Gasteiger partial charge in [-0.3, -0.25) is 4.79 Å². The molecule has 0 saturated heterocycles. The summed E-state index contributed by atoms with van der Waals surface area (Å²) in [6.45, 7) is 0.792. The van der Waals surface area contributed by atoms with Gasteiger partial charge in [0.2, 0.25) is 5.91 Å². The van der Waals surface area contributed by atoms with Crippen LogP contribution in [0.25, 0.3) is 0 Å². The Bertz CT molecular complexity index is 443. The number of nitrogens with zero attached hydrogens (tertiary/aromatic N) is 1. The van der Waals surface area contributed by atoms with Crippen LogP contribution in [0.4, 0.5) is 0 Å². The van der Waals surface area contributed by atoms with Crippen LogP contribution in [-0.2, 0) is 9.59 Å². The number of carbonyl (C=O) groups is 2. The number of benzene rings is 1. The molecule has 90 valence electrons. The zero-order valence-electron chi connectivity index (χ0n) is 9.17. The SMILES string of the molecule is CC(=O)N/N=C\c1ccccc1OCC(=O)[O-]. The Hall–Kier alpha value is -2.37. The van der Waals surface area contributed by atoms with E-state index < -0.39 is 12.6 Å². The van der Waals surface area contributed by atoms with Crippen LogP contribution in [0.2, 0.25) is 0 Å². The number of hydrogen-bond acceptors (Lipinski definition) is 5. The molecule has 0 aliphatic carbocycles. The second-order valence-electron chi connectivity index (χ2n) is 3.12. The van der Waals surface area contributed by atoms with E-state index in [2.05, 4.69) is 10.5 Å². The van der Waals surface area contributed by atoms with E-state index >= 15 is 0 Å². The minimum Gasteiger partial charge on any atom is -0.546 e. The van der Waals surface area contributed by atoms with Crippen molar-refractivity contribution in [2.75, 3.05) is 6.61 Å². The van der Waals surface area contributed by atoms with Crippen LogP contribution >= 0.6 is 0 Å². The molecule has 1 rings (SSSR count). The first kappa shape index (κ1) is 12.7. The second-order valence-corrected chi connectivity index (χ2v) is 3.12. The fourth-order valence-corrected chi connectivity index (χ4v) is 1.05. The maximum absolute atomic E-state index is 10.6. The fraction of sp³-hybridized carbons (Fsp3) is 0.182. The van der Waals surface area contributed by atoms with Gasteiger partial charge in [-0.1, -0.05) is 12.1 Å². The lowest BCUT2D eigenvalue weighted by Gasteiger charge is -2.08. The van der Waals surface area contributed by atoms with E-state index in [1.165, 1.54) is 13.1 Å². The van der Waals surface area contributed by atoms with Crippen LogP contribution in [0.15, 0.2) is 29.4 Å². The van der Waals surface area contributed by atoms with Gasteiger partial charge in [-0.2, -0.15) is 5.10 Å². The first-order chi connectivity index (χ1) is 8.09. The summed E-state index contributed by atoms with van der Waals surface area (Å²) in [7, 11) is 0. The Labute approximate surface area is 97.9 Å². The summed E-state index contributed by atoms with van der Waals surface area (Å²) in [5.41, 5.74) is 2.79. The van der Waals surface area contributed by atoms with Gasteiger partial charge in [0.1, 0.15) is 12.4 Å². The molecular weight excluding hydrogens is 224 g/mol. The lowest BCUT2D eigenvalue weighted by atomic mass is 10.2. The predicted molar refractivity (Wildman–Crippen MR) is 58.4 cm³/mol. The van der Waals surface area contributed by atoms with Crippen molar-refractivity contribution in [3.8, 4) is 5.75 Å². The third-order valence-electron chi connectivity index (χ3n) is 1.69. The van der Waals surface area contributed by atoms with Crippen molar-refractivity contribution < 1.29 is 19.4 Å². The van der Waals surface area contributed by atoms with Gasteiger partial charge in [0.25, 0.3) is 0 Å². The summed E-state index contributed by atoms with van der Waals surface area (Å²) in [5, 5.41) is 13.9. The van der Waals surface area contributed by atoms with Gasteiger partial charge in [0.15, 0.2) is 0 Å². The van der Waals surface area contributed by atoms with E-state index in [4.69, 9.17) is 4.74 Å². The number of carbonyl (C=O) groups excluding carboxylic acids is 2. The molecule has 0 unspecified atom stereocenters. The van der Waals surface area contributed by atoms with Crippen molar-refractivity contribution in [3.63, 3.8) is 0 Å². The van der Waals surface area contributed by atoms with Crippen LogP contribution in [0.5, 0.6) is 5.75 Å². The van der Waals surface area contributed by atoms with Crippen LogP contribution in [0.1, 0.15) is 12.5 Å². The number of hydrogen-bond donors (Lipinski definition) is 1. The topological polar surface area (TPSA) is 90.8 Å². The van der Waals surface area contributed by atoms with Crippen molar-refractivity contribution in [1.29, 1.82) is 0 Å². The number of carboxylic acid groups (broad SMARTS) is 1. The highest BCUT2D eigenvalue weighted by Crippen LogP contribution is 2.15. The number of nitrogens with one attached hydrogen (secondary N) is 1. The smallest absolute Gasteiger partial charge is 0.236 e. The number of para-hydroxylation sites is 1. The van der Waals surface area contributed by atoms with Gasteiger partial charge in [-0.25, -0.2) is 5.43 Å². The average Bonchev–Trinajstić information content (AvgIpc) is 2.27. The maximum atomic E-state index is 10.6. The molecule has 6 heteroatoms. The van der Waals surface area contributed by atoms with E-state index in [-0.39, 0.29) is 5.91 Å². The highest BCUT2D eigenvalue weighted by atomic mass is 16.5. The van der Waals surface area contributed by atoms with E-state index in [1.54, 1.807) is 24.3 Å². The van der Waals surface area contributed by atoms with Crippen LogP contribution in [0.3, 0.4) is 0 Å². The Morgan fingerprint density at radius 2 is 2.18 bits per heavy atom. The molecule has 0 saturated carbocycles. The third-order valence-corrected chi connectivity index (χ3v) is 1.69. The highest BCUT2D eigenvalue weighted by molar-refractivity contribution is 5.85. The molecule has 1 aromatic rings. The van der Waals surface area contributed by atoms with E-state index in [0.29, 0.717) is 11.3 Å². The van der Waals surface area contributed by atoms with Gasteiger partial charge in [0, 0.05) is 12.5 Å². The summed E-state index contributed by atoms with van der Waals surface area (Å²) >= 11 is 0. The molecule has 17 heavy (non-hydrogen) atoms. The summed E-state index contributed by atoms with van der Waals surface area (Å²) in [4.78, 5) is 20.9. The standard InChI is InChI=1S/C11H12N2O4/c1-8(14)13-12-6-9-4-2-3-5-10(9)17-7-11(15)16/h2-6H,7H2,1H3,(H,13,14)(H,15,16)/p-1/b12-6-. The summed E-state index contributed by atoms with van der Waals surface area (Å²) in [6, 6.07) is 6.70. The van der Waals surface area contributed by atoms with Gasteiger partial charge < -0.3 is 14.6 Å². The number of amides is 1. The first-order valence-corrected chi connectivity index (χ1v) is 4.81. The number of ether oxygens (including phenoxy) is 1. The molecule has 0 spiro atoms. The molecule has 1 N–H and O–H groups in total. The van der Waals surface area contributed by atoms with Gasteiger partial charge in [-0.15, -0.1) is 0 Å². The average molecular weight is 235 g/mol. The molecule has 0 aliphatic rings. The Kier molecular flexibility index (Phi) is 4.68. The van der Waals surface area contributed by atoms with Crippen LogP contribution < -0.4 is 15.3 Å². The predicted octanol–water partition coefficient (Wildman–Crippen LogP) is -0.715. The quantitative estimate of drug-likeness (QED) is 0.539. The third kappa shape index (κ3) is 4.78. The summed E-state index contributed by atoms with van der Waals surface area (Å²) < 4.78 is 4.99. The summed E-state index contributed by atoms with van der Waals surface area (Å²) in [5.74, 6) is -1.25. The normalized spacial score (nSPS) is 10.2. The molecule has 0 bridgehead atoms. The molecular formula is C11H11N2O4-. The highest BCUT2D eigenvalue weighted by Gasteiger charge is 2.00. The van der Waals surface area contributed by atoms with Gasteiger partial charge in [0.05, 0.1) is 12.2 Å². The number of carboxylic acids is 1. The molecule has 1 aromatic carbocycles. The molecule has 0 atom stereocenters. The maximum Gasteiger partial charge on any atom is 0.236 e. The Balaban J connectivity index is 2.73. The molecule has 0 aliphatic heterocycles. The first-order valence-electron chi connectivity index (χ1n) is 4.81. The number of hydrazone groups is 1. The van der Waals surface area contributed by atoms with Gasteiger partial charge >= 0.3 is 0 Å². The minimum atomic E-state index is -1.31. The minimum absolute atomic E-state index is 0.297. The van der Waals surface area contributed by atoms with E-state index in [0.717, 1.165) is 0 Å². The van der Waals surface area contributed by atoms with Crippen molar-refractivity contribution in [3.05, 3.63) is 29.8 Å². The zero-order chi connectivity index (χ0) is 12.7.